The molecule has 0 aliphatic heterocycles. The number of benzene rings is 1. The lowest BCUT2D eigenvalue weighted by Crippen LogP contribution is -2.55. The van der Waals surface area contributed by atoms with Crippen LogP contribution in [0.4, 0.5) is 8.78 Å². The van der Waals surface area contributed by atoms with Crippen molar-refractivity contribution < 1.29 is 8.78 Å². The number of rotatable bonds is 1. The van der Waals surface area contributed by atoms with Crippen molar-refractivity contribution in [1.82, 2.24) is 4.98 Å². The first kappa shape index (κ1) is 10.6. The molecule has 88 valence electrons. The fraction of sp³-hybridized carbons (Fsp3) is 0.308. The van der Waals surface area contributed by atoms with E-state index in [4.69, 9.17) is 5.73 Å². The first-order valence-corrected chi connectivity index (χ1v) is 5.51. The molecule has 2 aromatic rings. The molecule has 0 unspecified atom stereocenters. The highest BCUT2D eigenvalue weighted by Gasteiger charge is 2.55. The smallest absolute Gasteiger partial charge is 0.252 e. The highest BCUT2D eigenvalue weighted by atomic mass is 19.3. The van der Waals surface area contributed by atoms with Gasteiger partial charge < -0.3 is 5.73 Å². The van der Waals surface area contributed by atoms with E-state index in [0.717, 1.165) is 10.9 Å². The summed E-state index contributed by atoms with van der Waals surface area (Å²) in [5.74, 6) is -2.62. The number of aromatic nitrogens is 1. The average molecular weight is 234 g/mol. The lowest BCUT2D eigenvalue weighted by molar-refractivity contribution is -0.125. The molecule has 17 heavy (non-hydrogen) atoms. The molecule has 1 aromatic carbocycles. The van der Waals surface area contributed by atoms with Gasteiger partial charge in [-0.2, -0.15) is 0 Å². The number of hydrogen-bond donors (Lipinski definition) is 1. The molecule has 1 aliphatic carbocycles. The molecule has 1 saturated carbocycles. The van der Waals surface area contributed by atoms with Crippen LogP contribution in [-0.2, 0) is 5.54 Å². The molecule has 1 heterocycles. The largest absolute Gasteiger partial charge is 0.321 e. The quantitative estimate of drug-likeness (QED) is 0.824. The molecular weight excluding hydrogens is 222 g/mol. The molecule has 4 heteroatoms. The van der Waals surface area contributed by atoms with Crippen LogP contribution in [0.5, 0.6) is 0 Å². The lowest BCUT2D eigenvalue weighted by Gasteiger charge is -2.44. The number of halogens is 2. The standard InChI is InChI=1S/C13H12F2N2/c14-13(15)7-12(16,8-13)10-5-9-3-1-2-4-11(9)17-6-10/h1-6H,7-8,16H2. The number of pyridine rings is 1. The van der Waals surface area contributed by atoms with Crippen LogP contribution in [0.15, 0.2) is 36.5 Å². The summed E-state index contributed by atoms with van der Waals surface area (Å²) in [7, 11) is 0. The third-order valence-corrected chi connectivity index (χ3v) is 3.31. The number of hydrogen-bond acceptors (Lipinski definition) is 2. The van der Waals surface area contributed by atoms with Crippen molar-refractivity contribution in [3.63, 3.8) is 0 Å². The number of para-hydroxylation sites is 1. The molecule has 1 aliphatic rings. The zero-order valence-electron chi connectivity index (χ0n) is 9.16. The summed E-state index contributed by atoms with van der Waals surface area (Å²) in [4.78, 5) is 4.25. The molecule has 1 fully saturated rings. The Morgan fingerprint density at radius 3 is 2.59 bits per heavy atom. The van der Waals surface area contributed by atoms with Gasteiger partial charge in [-0.3, -0.25) is 4.98 Å². The maximum Gasteiger partial charge on any atom is 0.252 e. The van der Waals surface area contributed by atoms with Crippen molar-refractivity contribution in [2.75, 3.05) is 0 Å². The summed E-state index contributed by atoms with van der Waals surface area (Å²) in [5, 5.41) is 0.935. The van der Waals surface area contributed by atoms with Crippen LogP contribution in [0.1, 0.15) is 18.4 Å². The Hall–Kier alpha value is -1.55. The zero-order chi connectivity index (χ0) is 12.1. The van der Waals surface area contributed by atoms with E-state index in [0.29, 0.717) is 5.56 Å². The van der Waals surface area contributed by atoms with Crippen molar-refractivity contribution in [3.05, 3.63) is 42.1 Å². The summed E-state index contributed by atoms with van der Waals surface area (Å²) < 4.78 is 25.9. The Kier molecular flexibility index (Phi) is 2.01. The van der Waals surface area contributed by atoms with E-state index in [1.54, 1.807) is 6.20 Å². The van der Waals surface area contributed by atoms with Gasteiger partial charge in [-0.15, -0.1) is 0 Å². The topological polar surface area (TPSA) is 38.9 Å². The van der Waals surface area contributed by atoms with Crippen LogP contribution < -0.4 is 5.73 Å². The third kappa shape index (κ3) is 1.69. The van der Waals surface area contributed by atoms with E-state index in [2.05, 4.69) is 4.98 Å². The molecular formula is C13H12F2N2. The molecule has 3 rings (SSSR count). The van der Waals surface area contributed by atoms with E-state index < -0.39 is 11.5 Å². The second-order valence-corrected chi connectivity index (χ2v) is 4.78. The summed E-state index contributed by atoms with van der Waals surface area (Å²) >= 11 is 0. The molecule has 1 aromatic heterocycles. The molecule has 0 saturated heterocycles. The Morgan fingerprint density at radius 2 is 1.88 bits per heavy atom. The van der Waals surface area contributed by atoms with Gasteiger partial charge in [0.2, 0.25) is 0 Å². The zero-order valence-corrected chi connectivity index (χ0v) is 9.16. The van der Waals surface area contributed by atoms with Gasteiger partial charge in [0.1, 0.15) is 0 Å². The van der Waals surface area contributed by atoms with Gasteiger partial charge in [0.15, 0.2) is 0 Å². The number of nitrogens with two attached hydrogens (primary N) is 1. The summed E-state index contributed by atoms with van der Waals surface area (Å²) in [6, 6.07) is 9.44. The van der Waals surface area contributed by atoms with E-state index in [9.17, 15) is 8.78 Å². The van der Waals surface area contributed by atoms with Crippen molar-refractivity contribution in [1.29, 1.82) is 0 Å². The van der Waals surface area contributed by atoms with E-state index in [1.165, 1.54) is 0 Å². The van der Waals surface area contributed by atoms with Crippen LogP contribution in [0, 0.1) is 0 Å². The summed E-state index contributed by atoms with van der Waals surface area (Å²) in [6.45, 7) is 0. The Labute approximate surface area is 97.5 Å². The Bertz CT molecular complexity index is 572. The predicted octanol–water partition coefficient (Wildman–Crippen LogP) is 2.82. The van der Waals surface area contributed by atoms with Crippen LogP contribution in [0.25, 0.3) is 10.9 Å². The first-order chi connectivity index (χ1) is 7.99. The van der Waals surface area contributed by atoms with Gasteiger partial charge in [-0.25, -0.2) is 8.78 Å². The van der Waals surface area contributed by atoms with E-state index >= 15 is 0 Å². The van der Waals surface area contributed by atoms with Gasteiger partial charge in [0.25, 0.3) is 5.92 Å². The molecule has 2 N–H and O–H groups in total. The second-order valence-electron chi connectivity index (χ2n) is 4.78. The molecule has 2 nitrogen and oxygen atoms in total. The van der Waals surface area contributed by atoms with Crippen LogP contribution >= 0.6 is 0 Å². The molecule has 0 spiro atoms. The van der Waals surface area contributed by atoms with Crippen LogP contribution in [0.3, 0.4) is 0 Å². The molecule has 0 atom stereocenters. The maximum atomic E-state index is 12.9. The highest BCUT2D eigenvalue weighted by molar-refractivity contribution is 5.79. The fourth-order valence-corrected chi connectivity index (χ4v) is 2.42. The number of alkyl halides is 2. The van der Waals surface area contributed by atoms with E-state index in [-0.39, 0.29) is 12.8 Å². The fourth-order valence-electron chi connectivity index (χ4n) is 2.42. The number of nitrogens with zero attached hydrogens (tertiary/aromatic N) is 1. The lowest BCUT2D eigenvalue weighted by atomic mass is 9.70. The Balaban J connectivity index is 2.02. The predicted molar refractivity (Wildman–Crippen MR) is 61.8 cm³/mol. The van der Waals surface area contributed by atoms with Crippen molar-refractivity contribution in [3.8, 4) is 0 Å². The third-order valence-electron chi connectivity index (χ3n) is 3.31. The maximum absolute atomic E-state index is 12.9. The van der Waals surface area contributed by atoms with E-state index in [1.807, 2.05) is 30.3 Å². The highest BCUT2D eigenvalue weighted by Crippen LogP contribution is 2.49. The SMILES string of the molecule is NC1(c2cnc3ccccc3c2)CC(F)(F)C1. The minimum absolute atomic E-state index is 0.292. The van der Waals surface area contributed by atoms with Crippen molar-refractivity contribution in [2.24, 2.45) is 5.73 Å². The summed E-state index contributed by atoms with van der Waals surface area (Å²) in [5.41, 5.74) is 6.60. The number of fused-ring (bicyclic) bond motifs is 1. The Morgan fingerprint density at radius 1 is 1.18 bits per heavy atom. The molecule has 0 radical (unpaired) electrons. The van der Waals surface area contributed by atoms with Crippen molar-refractivity contribution in [2.45, 2.75) is 24.3 Å². The van der Waals surface area contributed by atoms with Crippen LogP contribution in [0.2, 0.25) is 0 Å². The minimum Gasteiger partial charge on any atom is -0.321 e. The van der Waals surface area contributed by atoms with Crippen LogP contribution in [-0.4, -0.2) is 10.9 Å². The second kappa shape index (κ2) is 3.23. The summed E-state index contributed by atoms with van der Waals surface area (Å²) in [6.07, 6.45) is 1.03. The first-order valence-electron chi connectivity index (χ1n) is 5.51. The van der Waals surface area contributed by atoms with Gasteiger partial charge in [-0.1, -0.05) is 18.2 Å². The van der Waals surface area contributed by atoms with Gasteiger partial charge >= 0.3 is 0 Å². The average Bonchev–Trinajstić information content (AvgIpc) is 2.25. The monoisotopic (exact) mass is 234 g/mol. The normalized spacial score (nSPS) is 21.1. The van der Waals surface area contributed by atoms with Crippen molar-refractivity contribution >= 4 is 10.9 Å². The molecule has 0 amide bonds. The van der Waals surface area contributed by atoms with Gasteiger partial charge in [0, 0.05) is 24.4 Å². The molecule has 0 bridgehead atoms. The van der Waals surface area contributed by atoms with Gasteiger partial charge in [-0.05, 0) is 17.7 Å². The minimum atomic E-state index is -2.62. The van der Waals surface area contributed by atoms with Gasteiger partial charge in [0.05, 0.1) is 11.1 Å².